The van der Waals surface area contributed by atoms with Gasteiger partial charge in [-0.1, -0.05) is 0 Å². The first-order chi connectivity index (χ1) is 13.0. The Kier molecular flexibility index (Phi) is 5.57. The molecule has 0 aromatic carbocycles. The first kappa shape index (κ1) is 19.0. The predicted octanol–water partition coefficient (Wildman–Crippen LogP) is 2.36. The third-order valence-corrected chi connectivity index (χ3v) is 7.50. The highest BCUT2D eigenvalue weighted by Crippen LogP contribution is 2.28. The largest absolute Gasteiger partial charge is 0.336 e. The van der Waals surface area contributed by atoms with Crippen LogP contribution < -0.4 is 0 Å². The maximum Gasteiger partial charge on any atom is 0.274 e. The molecule has 2 aliphatic rings. The van der Waals surface area contributed by atoms with Gasteiger partial charge in [0, 0.05) is 60.0 Å². The quantitative estimate of drug-likeness (QED) is 0.782. The molecule has 1 unspecified atom stereocenters. The van der Waals surface area contributed by atoms with Crippen LogP contribution in [0, 0.1) is 6.92 Å². The van der Waals surface area contributed by atoms with Gasteiger partial charge in [-0.3, -0.25) is 14.4 Å². The molecule has 8 heteroatoms. The Morgan fingerprint density at radius 3 is 2.85 bits per heavy atom. The summed E-state index contributed by atoms with van der Waals surface area (Å²) in [7, 11) is 4.15. The van der Waals surface area contributed by atoms with E-state index in [0.29, 0.717) is 11.7 Å². The van der Waals surface area contributed by atoms with Gasteiger partial charge in [-0.25, -0.2) is 4.98 Å². The van der Waals surface area contributed by atoms with Crippen molar-refractivity contribution in [2.75, 3.05) is 31.6 Å². The average Bonchev–Trinajstić information content (AvgIpc) is 3.24. The Bertz CT molecular complexity index is 824. The zero-order chi connectivity index (χ0) is 19.0. The van der Waals surface area contributed by atoms with Crippen LogP contribution in [-0.2, 0) is 26.4 Å². The number of carbonyl (C=O) groups excluding carboxylic acids is 1. The van der Waals surface area contributed by atoms with Crippen molar-refractivity contribution in [2.45, 2.75) is 38.8 Å². The van der Waals surface area contributed by atoms with Crippen LogP contribution in [0.3, 0.4) is 0 Å². The van der Waals surface area contributed by atoms with E-state index in [4.69, 9.17) is 0 Å². The second-order valence-electron chi connectivity index (χ2n) is 7.50. The van der Waals surface area contributed by atoms with E-state index in [2.05, 4.69) is 27.4 Å². The molecule has 1 atom stereocenters. The minimum absolute atomic E-state index is 0.117. The molecule has 27 heavy (non-hydrogen) atoms. The second-order valence-corrected chi connectivity index (χ2v) is 9.66. The van der Waals surface area contributed by atoms with Crippen molar-refractivity contribution in [3.63, 3.8) is 0 Å². The van der Waals surface area contributed by atoms with Gasteiger partial charge in [0.1, 0.15) is 5.01 Å². The molecule has 2 aromatic rings. The Morgan fingerprint density at radius 1 is 1.37 bits per heavy atom. The van der Waals surface area contributed by atoms with E-state index in [-0.39, 0.29) is 5.91 Å². The number of aromatic nitrogens is 3. The molecule has 3 heterocycles. The third kappa shape index (κ3) is 3.93. The summed E-state index contributed by atoms with van der Waals surface area (Å²) in [6, 6.07) is 0.425. The van der Waals surface area contributed by atoms with Crippen LogP contribution in [0.5, 0.6) is 0 Å². The summed E-state index contributed by atoms with van der Waals surface area (Å²) in [5, 5.41) is 7.91. The lowest BCUT2D eigenvalue weighted by atomic mass is 9.90. The summed E-state index contributed by atoms with van der Waals surface area (Å²) in [5.74, 6) is 2.17. The van der Waals surface area contributed by atoms with E-state index in [1.54, 1.807) is 11.3 Å². The molecule has 0 spiro atoms. The molecular weight excluding hydrogens is 378 g/mol. The lowest BCUT2D eigenvalue weighted by Crippen LogP contribution is -2.40. The van der Waals surface area contributed by atoms with Crippen molar-refractivity contribution in [3.8, 4) is 0 Å². The van der Waals surface area contributed by atoms with Gasteiger partial charge >= 0.3 is 0 Å². The Morgan fingerprint density at radius 2 is 2.15 bits per heavy atom. The highest BCUT2D eigenvalue weighted by molar-refractivity contribution is 7.99. The van der Waals surface area contributed by atoms with Crippen LogP contribution in [-0.4, -0.2) is 68.2 Å². The van der Waals surface area contributed by atoms with E-state index in [9.17, 15) is 4.79 Å². The van der Waals surface area contributed by atoms with Crippen molar-refractivity contribution in [2.24, 2.45) is 7.05 Å². The minimum Gasteiger partial charge on any atom is -0.336 e. The van der Waals surface area contributed by atoms with Crippen LogP contribution in [0.25, 0.3) is 0 Å². The highest BCUT2D eigenvalue weighted by Gasteiger charge is 2.32. The fraction of sp³-hybridized carbons (Fsp3) is 0.632. The molecule has 146 valence electrons. The molecule has 6 nitrogen and oxygen atoms in total. The van der Waals surface area contributed by atoms with Crippen LogP contribution in [0.1, 0.15) is 38.9 Å². The maximum absolute atomic E-state index is 13.1. The van der Waals surface area contributed by atoms with Gasteiger partial charge in [0.15, 0.2) is 5.69 Å². The van der Waals surface area contributed by atoms with Crippen molar-refractivity contribution >= 4 is 29.0 Å². The van der Waals surface area contributed by atoms with Crippen LogP contribution in [0.15, 0.2) is 5.38 Å². The number of amides is 1. The number of likely N-dealkylation sites (N-methyl/N-ethyl adjacent to an activating group) is 1. The molecule has 1 aliphatic heterocycles. The third-order valence-electron chi connectivity index (χ3n) is 5.60. The first-order valence-corrected chi connectivity index (χ1v) is 11.6. The molecule has 1 aliphatic carbocycles. The Labute approximate surface area is 168 Å². The summed E-state index contributed by atoms with van der Waals surface area (Å²) >= 11 is 3.65. The number of nitrogens with zero attached hydrogens (tertiary/aromatic N) is 5. The molecule has 0 radical (unpaired) electrons. The summed E-state index contributed by atoms with van der Waals surface area (Å²) in [6.45, 7) is 4.58. The molecule has 0 bridgehead atoms. The number of thiazole rings is 1. The summed E-state index contributed by atoms with van der Waals surface area (Å²) < 4.78 is 1.93. The minimum atomic E-state index is 0.117. The van der Waals surface area contributed by atoms with Crippen molar-refractivity contribution in [3.05, 3.63) is 33.0 Å². The topological polar surface area (TPSA) is 54.3 Å². The van der Waals surface area contributed by atoms with Crippen LogP contribution in [0.4, 0.5) is 0 Å². The van der Waals surface area contributed by atoms with E-state index in [0.717, 1.165) is 61.1 Å². The smallest absolute Gasteiger partial charge is 0.274 e. The number of hydrogen-bond donors (Lipinski definition) is 0. The van der Waals surface area contributed by atoms with Gasteiger partial charge in [-0.2, -0.15) is 16.9 Å². The van der Waals surface area contributed by atoms with Gasteiger partial charge in [-0.05, 0) is 33.2 Å². The van der Waals surface area contributed by atoms with Crippen molar-refractivity contribution in [1.82, 2.24) is 24.6 Å². The van der Waals surface area contributed by atoms with Crippen LogP contribution >= 0.6 is 23.1 Å². The SMILES string of the molecule is Cc1csc(CN(C)C2CCc3c(c(C(=O)N4CCSCC4)nn3C)C2)n1. The molecular formula is C19H27N5OS2. The molecule has 0 N–H and O–H groups in total. The molecule has 1 saturated heterocycles. The number of hydrogen-bond acceptors (Lipinski definition) is 6. The van der Waals surface area contributed by atoms with Crippen molar-refractivity contribution < 1.29 is 4.79 Å². The highest BCUT2D eigenvalue weighted by atomic mass is 32.2. The van der Waals surface area contributed by atoms with E-state index in [1.165, 1.54) is 11.3 Å². The van der Waals surface area contributed by atoms with Gasteiger partial charge in [0.2, 0.25) is 0 Å². The van der Waals surface area contributed by atoms with Gasteiger partial charge < -0.3 is 4.90 Å². The van der Waals surface area contributed by atoms with E-state index >= 15 is 0 Å². The number of rotatable bonds is 4. The van der Waals surface area contributed by atoms with E-state index in [1.807, 2.05) is 35.3 Å². The fourth-order valence-corrected chi connectivity index (χ4v) is 5.79. The molecule has 1 amide bonds. The summed E-state index contributed by atoms with van der Waals surface area (Å²) in [4.78, 5) is 22.0. The van der Waals surface area contributed by atoms with Gasteiger partial charge in [-0.15, -0.1) is 11.3 Å². The monoisotopic (exact) mass is 405 g/mol. The summed E-state index contributed by atoms with van der Waals surface area (Å²) in [6.07, 6.45) is 2.98. The standard InChI is InChI=1S/C19H27N5OS2/c1-13-12-27-17(20-13)11-22(2)14-4-5-16-15(10-14)18(21-23(16)3)19(25)24-6-8-26-9-7-24/h12,14H,4-11H2,1-3H3. The zero-order valence-corrected chi connectivity index (χ0v) is 17.9. The molecule has 1 fully saturated rings. The molecule has 4 rings (SSSR count). The Balaban J connectivity index is 1.51. The van der Waals surface area contributed by atoms with Gasteiger partial charge in [0.05, 0.1) is 6.54 Å². The number of carbonyl (C=O) groups is 1. The normalized spacial score (nSPS) is 20.1. The lowest BCUT2D eigenvalue weighted by molar-refractivity contribution is 0.0763. The average molecular weight is 406 g/mol. The van der Waals surface area contributed by atoms with Crippen LogP contribution in [0.2, 0.25) is 0 Å². The second kappa shape index (κ2) is 7.93. The first-order valence-electron chi connectivity index (χ1n) is 9.56. The maximum atomic E-state index is 13.1. The lowest BCUT2D eigenvalue weighted by Gasteiger charge is -2.31. The number of aryl methyl sites for hydroxylation is 2. The zero-order valence-electron chi connectivity index (χ0n) is 16.3. The molecule has 2 aromatic heterocycles. The Hall–Kier alpha value is -1.38. The summed E-state index contributed by atoms with van der Waals surface area (Å²) in [5.41, 5.74) is 4.18. The van der Waals surface area contributed by atoms with E-state index < -0.39 is 0 Å². The predicted molar refractivity (Wildman–Crippen MR) is 111 cm³/mol. The van der Waals surface area contributed by atoms with Crippen molar-refractivity contribution in [1.29, 1.82) is 0 Å². The molecule has 0 saturated carbocycles. The van der Waals surface area contributed by atoms with Gasteiger partial charge in [0.25, 0.3) is 5.91 Å². The number of thioether (sulfide) groups is 1. The number of fused-ring (bicyclic) bond motifs is 1. The fourth-order valence-electron chi connectivity index (χ4n) is 4.05.